The van der Waals surface area contributed by atoms with E-state index in [0.717, 1.165) is 13.0 Å². The number of aromatic nitrogens is 3. The number of aromatic amines is 1. The third-order valence-electron chi connectivity index (χ3n) is 5.37. The first-order valence-corrected chi connectivity index (χ1v) is 13.2. The lowest BCUT2D eigenvalue weighted by molar-refractivity contribution is 0.0954. The Bertz CT molecular complexity index is 1500. The highest BCUT2D eigenvalue weighted by atomic mass is 35.5. The number of hydrogen-bond acceptors (Lipinski definition) is 6. The second-order valence-corrected chi connectivity index (χ2v) is 10.8. The van der Waals surface area contributed by atoms with Crippen LogP contribution in [0.3, 0.4) is 0 Å². The lowest BCUT2D eigenvalue weighted by Crippen LogP contribution is -2.27. The number of H-pyrrole nitrogens is 1. The van der Waals surface area contributed by atoms with Crippen LogP contribution in [0.4, 0.5) is 5.69 Å². The van der Waals surface area contributed by atoms with Crippen molar-refractivity contribution in [2.24, 2.45) is 0 Å². The first kappa shape index (κ1) is 25.9. The summed E-state index contributed by atoms with van der Waals surface area (Å²) >= 11 is 12.0. The Kier molecular flexibility index (Phi) is 7.79. The molecular weight excluding hydrogens is 523 g/mol. The van der Waals surface area contributed by atoms with Crippen LogP contribution in [0.5, 0.6) is 0 Å². The number of fused-ring (bicyclic) bond motifs is 1. The van der Waals surface area contributed by atoms with Crippen molar-refractivity contribution in [2.45, 2.75) is 11.3 Å². The molecule has 9 nitrogen and oxygen atoms in total. The zero-order chi connectivity index (χ0) is 25.9. The Balaban J connectivity index is 1.56. The van der Waals surface area contributed by atoms with Crippen molar-refractivity contribution in [2.75, 3.05) is 31.9 Å². The van der Waals surface area contributed by atoms with Gasteiger partial charge in [-0.15, -0.1) is 0 Å². The molecule has 0 saturated carbocycles. The number of carbonyl (C=O) groups excluding carboxylic acids is 1. The molecule has 1 amide bonds. The van der Waals surface area contributed by atoms with E-state index in [-0.39, 0.29) is 20.8 Å². The standard InChI is InChI=1S/C24H24Cl2N6O3S/c1-32(2)12-4-11-27-24(33)17-13-20(29-23-18(17)14-28-30-23)15-7-9-16(10-8-15)31-36(34,35)21-6-3-5-19(25)22(21)26/h3,5-10,13-14,31H,4,11-12H2,1-2H3,(H,27,33)(H,28,29,30). The maximum Gasteiger partial charge on any atom is 0.263 e. The van der Waals surface area contributed by atoms with Crippen molar-refractivity contribution in [3.8, 4) is 11.3 Å². The van der Waals surface area contributed by atoms with E-state index in [1.165, 1.54) is 18.2 Å². The number of hydrogen-bond donors (Lipinski definition) is 3. The number of nitrogens with zero attached hydrogens (tertiary/aromatic N) is 3. The number of sulfonamides is 1. The minimum atomic E-state index is -3.95. The maximum absolute atomic E-state index is 12.9. The van der Waals surface area contributed by atoms with E-state index in [1.54, 1.807) is 36.5 Å². The molecule has 0 atom stereocenters. The number of halogens is 2. The normalized spacial score (nSPS) is 11.7. The molecule has 36 heavy (non-hydrogen) atoms. The van der Waals surface area contributed by atoms with Crippen molar-refractivity contribution in [3.63, 3.8) is 0 Å². The molecule has 0 aliphatic heterocycles. The van der Waals surface area contributed by atoms with Crippen LogP contribution in [-0.4, -0.2) is 61.6 Å². The first-order valence-electron chi connectivity index (χ1n) is 11.0. The SMILES string of the molecule is CN(C)CCCNC(=O)c1cc(-c2ccc(NS(=O)(=O)c3cccc(Cl)c3Cl)cc2)nc2[nH]ncc12. The maximum atomic E-state index is 12.9. The van der Waals surface area contributed by atoms with Crippen LogP contribution in [0, 0.1) is 0 Å². The molecule has 188 valence electrons. The second-order valence-electron chi connectivity index (χ2n) is 8.33. The van der Waals surface area contributed by atoms with Crippen molar-refractivity contribution in [3.05, 3.63) is 70.3 Å². The molecule has 12 heteroatoms. The monoisotopic (exact) mass is 546 g/mol. The van der Waals surface area contributed by atoms with Gasteiger partial charge in [0.05, 0.1) is 32.9 Å². The fourth-order valence-electron chi connectivity index (χ4n) is 3.57. The van der Waals surface area contributed by atoms with Crippen LogP contribution in [0.25, 0.3) is 22.3 Å². The van der Waals surface area contributed by atoms with Crippen molar-refractivity contribution >= 4 is 55.9 Å². The van der Waals surface area contributed by atoms with Gasteiger partial charge < -0.3 is 10.2 Å². The van der Waals surface area contributed by atoms with Gasteiger partial charge in [-0.3, -0.25) is 14.6 Å². The topological polar surface area (TPSA) is 120 Å². The number of carbonyl (C=O) groups is 1. The van der Waals surface area contributed by atoms with E-state index >= 15 is 0 Å². The third-order valence-corrected chi connectivity index (χ3v) is 7.73. The van der Waals surface area contributed by atoms with Gasteiger partial charge in [0.2, 0.25) is 0 Å². The summed E-state index contributed by atoms with van der Waals surface area (Å²) in [4.78, 5) is 19.4. The van der Waals surface area contributed by atoms with E-state index < -0.39 is 10.0 Å². The molecule has 0 fully saturated rings. The van der Waals surface area contributed by atoms with Crippen LogP contribution in [0.1, 0.15) is 16.8 Å². The summed E-state index contributed by atoms with van der Waals surface area (Å²) in [6.45, 7) is 1.40. The number of anilines is 1. The van der Waals surface area contributed by atoms with Gasteiger partial charge in [0.1, 0.15) is 4.90 Å². The number of pyridine rings is 1. The molecule has 0 aliphatic carbocycles. The predicted molar refractivity (Wildman–Crippen MR) is 142 cm³/mol. The first-order chi connectivity index (χ1) is 17.2. The van der Waals surface area contributed by atoms with Gasteiger partial charge in [0.25, 0.3) is 15.9 Å². The molecule has 0 saturated heterocycles. The molecule has 4 rings (SSSR count). The summed E-state index contributed by atoms with van der Waals surface area (Å²) in [6.07, 6.45) is 2.39. The summed E-state index contributed by atoms with van der Waals surface area (Å²) in [5.74, 6) is -0.216. The fraction of sp³-hybridized carbons (Fsp3) is 0.208. The van der Waals surface area contributed by atoms with Gasteiger partial charge in [-0.2, -0.15) is 5.10 Å². The number of rotatable bonds is 9. The van der Waals surface area contributed by atoms with E-state index in [1.807, 2.05) is 14.1 Å². The number of benzene rings is 2. The van der Waals surface area contributed by atoms with Crippen molar-refractivity contribution in [1.29, 1.82) is 0 Å². The number of nitrogens with one attached hydrogen (secondary N) is 3. The molecular formula is C24H24Cl2N6O3S. The van der Waals surface area contributed by atoms with Gasteiger partial charge in [-0.05, 0) is 57.4 Å². The van der Waals surface area contributed by atoms with Gasteiger partial charge >= 0.3 is 0 Å². The highest BCUT2D eigenvalue weighted by Crippen LogP contribution is 2.31. The molecule has 0 spiro atoms. The Labute approximate surface area is 218 Å². The molecule has 2 heterocycles. The molecule has 2 aromatic heterocycles. The Morgan fingerprint density at radius 1 is 1.11 bits per heavy atom. The van der Waals surface area contributed by atoms with Crippen molar-refractivity contribution in [1.82, 2.24) is 25.4 Å². The highest BCUT2D eigenvalue weighted by Gasteiger charge is 2.20. The molecule has 3 N–H and O–H groups in total. The lowest BCUT2D eigenvalue weighted by atomic mass is 10.1. The van der Waals surface area contributed by atoms with Crippen LogP contribution in [0.2, 0.25) is 10.0 Å². The van der Waals surface area contributed by atoms with Gasteiger partial charge in [0.15, 0.2) is 5.65 Å². The summed E-state index contributed by atoms with van der Waals surface area (Å²) in [7, 11) is 0.0105. The fourth-order valence-corrected chi connectivity index (χ4v) is 5.39. The van der Waals surface area contributed by atoms with E-state index in [4.69, 9.17) is 23.2 Å². The quantitative estimate of drug-likeness (QED) is 0.267. The zero-order valence-electron chi connectivity index (χ0n) is 19.5. The summed E-state index contributed by atoms with van der Waals surface area (Å²) < 4.78 is 28.1. The zero-order valence-corrected chi connectivity index (χ0v) is 21.9. The van der Waals surface area contributed by atoms with Crippen LogP contribution in [0.15, 0.2) is 59.6 Å². The van der Waals surface area contributed by atoms with E-state index in [9.17, 15) is 13.2 Å². The molecule has 4 aromatic rings. The molecule has 0 aliphatic rings. The van der Waals surface area contributed by atoms with Gasteiger partial charge in [0, 0.05) is 17.8 Å². The van der Waals surface area contributed by atoms with Gasteiger partial charge in [-0.25, -0.2) is 13.4 Å². The predicted octanol–water partition coefficient (Wildman–Crippen LogP) is 4.41. The minimum Gasteiger partial charge on any atom is -0.352 e. The summed E-state index contributed by atoms with van der Waals surface area (Å²) in [5.41, 5.74) is 2.49. The molecule has 0 bridgehead atoms. The van der Waals surface area contributed by atoms with E-state index in [2.05, 4.69) is 30.1 Å². The Morgan fingerprint density at radius 2 is 1.86 bits per heavy atom. The van der Waals surface area contributed by atoms with Gasteiger partial charge in [-0.1, -0.05) is 41.4 Å². The summed E-state index contributed by atoms with van der Waals surface area (Å²) in [5, 5.41) is 10.5. The Hall–Kier alpha value is -3.18. The minimum absolute atomic E-state index is 0.0483. The second kappa shape index (κ2) is 10.8. The van der Waals surface area contributed by atoms with E-state index in [0.29, 0.717) is 40.1 Å². The van der Waals surface area contributed by atoms with Crippen LogP contribution >= 0.6 is 23.2 Å². The molecule has 0 radical (unpaired) electrons. The Morgan fingerprint density at radius 3 is 2.58 bits per heavy atom. The largest absolute Gasteiger partial charge is 0.352 e. The van der Waals surface area contributed by atoms with Crippen molar-refractivity contribution < 1.29 is 13.2 Å². The molecule has 0 unspecified atom stereocenters. The summed E-state index contributed by atoms with van der Waals surface area (Å²) in [6, 6.07) is 12.7. The number of amides is 1. The van der Waals surface area contributed by atoms with Crippen LogP contribution < -0.4 is 10.0 Å². The highest BCUT2D eigenvalue weighted by molar-refractivity contribution is 7.92. The molecule has 2 aromatic carbocycles. The lowest BCUT2D eigenvalue weighted by Gasteiger charge is -2.12. The third kappa shape index (κ3) is 5.79. The average Bonchev–Trinajstić information content (AvgIpc) is 3.31. The average molecular weight is 547 g/mol. The smallest absolute Gasteiger partial charge is 0.263 e. The van der Waals surface area contributed by atoms with Crippen LogP contribution in [-0.2, 0) is 10.0 Å².